The average Bonchev–Trinajstić information content (AvgIpc) is 3.00. The Morgan fingerprint density at radius 1 is 1.32 bits per heavy atom. The fourth-order valence-electron chi connectivity index (χ4n) is 7.71. The van der Waals surface area contributed by atoms with Crippen molar-refractivity contribution in [1.82, 2.24) is 0 Å². The normalized spacial score (nSPS) is 58.7. The van der Waals surface area contributed by atoms with E-state index in [2.05, 4.69) is 6.58 Å². The third kappa shape index (κ3) is 1.44. The van der Waals surface area contributed by atoms with Crippen molar-refractivity contribution in [2.24, 2.45) is 34.5 Å². The molecule has 2 N–H and O–H groups in total. The Hall–Kier alpha value is -1.40. The molecule has 5 aliphatic rings. The molecule has 0 amide bonds. The summed E-state index contributed by atoms with van der Waals surface area (Å²) < 4.78 is 5.89. The quantitative estimate of drug-likeness (QED) is 0.501. The number of rotatable bonds is 1. The van der Waals surface area contributed by atoms with Gasteiger partial charge < -0.3 is 24.9 Å². The van der Waals surface area contributed by atoms with E-state index in [1.807, 2.05) is 0 Å². The minimum Gasteiger partial charge on any atom is -0.550 e. The van der Waals surface area contributed by atoms with Crippen molar-refractivity contribution >= 4 is 11.9 Å². The minimum atomic E-state index is -1.41. The van der Waals surface area contributed by atoms with Gasteiger partial charge in [-0.3, -0.25) is 4.79 Å². The second-order valence-electron chi connectivity index (χ2n) is 9.22. The lowest BCUT2D eigenvalue weighted by atomic mass is 9.58. The first kappa shape index (κ1) is 15.8. The topological polar surface area (TPSA) is 107 Å². The molecular formula is C19H23O6-. The monoisotopic (exact) mass is 347 g/mol. The zero-order chi connectivity index (χ0) is 17.9. The highest BCUT2D eigenvalue weighted by atomic mass is 16.6. The fourth-order valence-corrected chi connectivity index (χ4v) is 7.71. The van der Waals surface area contributed by atoms with E-state index in [0.29, 0.717) is 12.3 Å². The highest BCUT2D eigenvalue weighted by Crippen LogP contribution is 2.77. The largest absolute Gasteiger partial charge is 0.550 e. The number of carbonyl (C=O) groups is 2. The lowest BCUT2D eigenvalue weighted by Gasteiger charge is -2.46. The summed E-state index contributed by atoms with van der Waals surface area (Å²) in [5.74, 6) is -3.09. The molecule has 0 aromatic rings. The SMILES string of the molecule is C=C1C[C@]23C[C@H]1CC[C@H]2[C@@]12C[C@H](O)[C@H](O)[C@](C)(C(=O)O1)[C@H]2[C@@H]3C(=O)[O-]. The summed E-state index contributed by atoms with van der Waals surface area (Å²) in [6.45, 7) is 5.72. The zero-order valence-corrected chi connectivity index (χ0v) is 14.2. The number of carbonyl (C=O) groups excluding carboxylic acids is 2. The van der Waals surface area contributed by atoms with Gasteiger partial charge in [-0.15, -0.1) is 0 Å². The third-order valence-electron chi connectivity index (χ3n) is 8.46. The highest BCUT2D eigenvalue weighted by molar-refractivity contribution is 5.85. The molecule has 1 heterocycles. The van der Waals surface area contributed by atoms with Gasteiger partial charge >= 0.3 is 5.97 Å². The van der Waals surface area contributed by atoms with E-state index in [4.69, 9.17) is 4.74 Å². The fraction of sp³-hybridized carbons (Fsp3) is 0.789. The van der Waals surface area contributed by atoms with Gasteiger partial charge in [-0.05, 0) is 43.9 Å². The summed E-state index contributed by atoms with van der Waals surface area (Å²) >= 11 is 0. The van der Waals surface area contributed by atoms with E-state index < -0.39 is 52.4 Å². The summed E-state index contributed by atoms with van der Waals surface area (Å²) in [6, 6.07) is 0. The standard InChI is InChI=1S/C19H24O6/c1-8-5-18-6-9(8)3-4-11(18)19-7-10(20)14(21)17(2,16(24)25-19)13(19)12(18)15(22)23/h9-14,20-21H,1,3-7H2,2H3,(H,22,23)/p-1/t9-,10+,11-,12-,13-,14+,17-,18+,19-/m1/s1. The van der Waals surface area contributed by atoms with Crippen LogP contribution in [0.2, 0.25) is 0 Å². The molecule has 4 bridgehead atoms. The lowest BCUT2D eigenvalue weighted by Crippen LogP contribution is -2.59. The van der Waals surface area contributed by atoms with Crippen LogP contribution in [0.25, 0.3) is 0 Å². The van der Waals surface area contributed by atoms with Gasteiger partial charge in [0.15, 0.2) is 0 Å². The molecule has 0 aromatic heterocycles. The van der Waals surface area contributed by atoms with Gasteiger partial charge in [0.05, 0.1) is 12.2 Å². The summed E-state index contributed by atoms with van der Waals surface area (Å²) in [5.41, 5.74) is -1.87. The van der Waals surface area contributed by atoms with Crippen LogP contribution < -0.4 is 5.11 Å². The maximum absolute atomic E-state index is 12.7. The average molecular weight is 347 g/mol. The van der Waals surface area contributed by atoms with Crippen LogP contribution in [0.5, 0.6) is 0 Å². The Morgan fingerprint density at radius 2 is 2.04 bits per heavy atom. The van der Waals surface area contributed by atoms with Crippen LogP contribution in [0.3, 0.4) is 0 Å². The van der Waals surface area contributed by atoms with E-state index in [1.165, 1.54) is 0 Å². The minimum absolute atomic E-state index is 0.105. The van der Waals surface area contributed by atoms with Crippen LogP contribution in [0.15, 0.2) is 12.2 Å². The first-order chi connectivity index (χ1) is 11.7. The number of hydrogen-bond donors (Lipinski definition) is 2. The Labute approximate surface area is 145 Å². The van der Waals surface area contributed by atoms with Crippen molar-refractivity contribution in [1.29, 1.82) is 0 Å². The van der Waals surface area contributed by atoms with Crippen LogP contribution >= 0.6 is 0 Å². The molecule has 0 aromatic carbocycles. The number of ether oxygens (including phenoxy) is 1. The van der Waals surface area contributed by atoms with Gasteiger partial charge in [0.1, 0.15) is 11.0 Å². The molecule has 1 saturated heterocycles. The van der Waals surface area contributed by atoms with Crippen LogP contribution in [0, 0.1) is 34.5 Å². The van der Waals surface area contributed by atoms with Crippen LogP contribution in [-0.4, -0.2) is 40.0 Å². The molecule has 9 atom stereocenters. The number of carboxylic acid groups (broad SMARTS) is 1. The second-order valence-corrected chi connectivity index (χ2v) is 9.22. The van der Waals surface area contributed by atoms with E-state index >= 15 is 0 Å². The molecule has 136 valence electrons. The smallest absolute Gasteiger partial charge is 0.315 e. The van der Waals surface area contributed by atoms with Gasteiger partial charge in [0, 0.05) is 30.1 Å². The molecule has 6 nitrogen and oxygen atoms in total. The molecule has 4 saturated carbocycles. The van der Waals surface area contributed by atoms with Gasteiger partial charge in [-0.25, -0.2) is 0 Å². The third-order valence-corrected chi connectivity index (χ3v) is 8.46. The maximum atomic E-state index is 12.7. The van der Waals surface area contributed by atoms with E-state index in [9.17, 15) is 24.9 Å². The van der Waals surface area contributed by atoms with Crippen LogP contribution in [0.4, 0.5) is 0 Å². The van der Waals surface area contributed by atoms with E-state index in [-0.39, 0.29) is 12.3 Å². The molecule has 4 aliphatic carbocycles. The number of fused-ring (bicyclic) bond motifs is 1. The van der Waals surface area contributed by atoms with Crippen molar-refractivity contribution in [2.45, 2.75) is 56.8 Å². The Bertz CT molecular complexity index is 717. The predicted molar refractivity (Wildman–Crippen MR) is 82.6 cm³/mol. The summed E-state index contributed by atoms with van der Waals surface area (Å²) in [4.78, 5) is 25.0. The van der Waals surface area contributed by atoms with Crippen molar-refractivity contribution < 1.29 is 29.6 Å². The number of hydrogen-bond acceptors (Lipinski definition) is 6. The summed E-state index contributed by atoms with van der Waals surface area (Å²) in [6.07, 6.45) is 0.703. The van der Waals surface area contributed by atoms with Gasteiger partial charge in [-0.1, -0.05) is 12.2 Å². The lowest BCUT2D eigenvalue weighted by molar-refractivity contribution is -0.318. The summed E-state index contributed by atoms with van der Waals surface area (Å²) in [5, 5.41) is 33.4. The van der Waals surface area contributed by atoms with Crippen LogP contribution in [-0.2, 0) is 14.3 Å². The molecule has 25 heavy (non-hydrogen) atoms. The zero-order valence-electron chi connectivity index (χ0n) is 14.2. The van der Waals surface area contributed by atoms with Crippen LogP contribution in [0.1, 0.15) is 39.0 Å². The van der Waals surface area contributed by atoms with Crippen molar-refractivity contribution in [2.75, 3.05) is 0 Å². The first-order valence-electron chi connectivity index (χ1n) is 9.16. The number of aliphatic hydroxyl groups excluding tert-OH is 2. The van der Waals surface area contributed by atoms with E-state index in [0.717, 1.165) is 24.8 Å². The molecule has 5 rings (SSSR count). The molecule has 5 fully saturated rings. The first-order valence-corrected chi connectivity index (χ1v) is 9.16. The van der Waals surface area contributed by atoms with Crippen molar-refractivity contribution in [3.05, 3.63) is 12.2 Å². The van der Waals surface area contributed by atoms with Gasteiger partial charge in [0.25, 0.3) is 0 Å². The molecule has 6 heteroatoms. The number of carboxylic acids is 1. The number of aliphatic hydroxyl groups is 2. The molecule has 1 aliphatic heterocycles. The number of aliphatic carboxylic acids is 1. The van der Waals surface area contributed by atoms with Crippen molar-refractivity contribution in [3.63, 3.8) is 0 Å². The molecule has 1 spiro atoms. The van der Waals surface area contributed by atoms with Crippen molar-refractivity contribution in [3.8, 4) is 0 Å². The molecule has 0 radical (unpaired) electrons. The Morgan fingerprint density at radius 3 is 2.72 bits per heavy atom. The number of allylic oxidation sites excluding steroid dienone is 1. The highest BCUT2D eigenvalue weighted by Gasteiger charge is 2.83. The van der Waals surface area contributed by atoms with Gasteiger partial charge in [-0.2, -0.15) is 0 Å². The summed E-state index contributed by atoms with van der Waals surface area (Å²) in [7, 11) is 0. The van der Waals surface area contributed by atoms with E-state index in [1.54, 1.807) is 6.92 Å². The Kier molecular flexibility index (Phi) is 2.71. The maximum Gasteiger partial charge on any atom is 0.315 e. The molecular weight excluding hydrogens is 324 g/mol. The Balaban J connectivity index is 1.76. The van der Waals surface area contributed by atoms with Gasteiger partial charge in [0.2, 0.25) is 0 Å². The second kappa shape index (κ2) is 4.29. The number of esters is 1. The molecule has 0 unspecified atom stereocenters. The predicted octanol–water partition coefficient (Wildman–Crippen LogP) is -0.228.